The highest BCUT2D eigenvalue weighted by atomic mass is 16.1. The van der Waals surface area contributed by atoms with Crippen molar-refractivity contribution in [2.45, 2.75) is 44.2 Å². The maximum atomic E-state index is 12.0. The van der Waals surface area contributed by atoms with Crippen LogP contribution in [0.15, 0.2) is 23.0 Å². The molecule has 4 rings (SSSR count). The molecule has 3 aliphatic rings. The van der Waals surface area contributed by atoms with E-state index in [0.29, 0.717) is 11.8 Å². The number of rotatable bonds is 0. The van der Waals surface area contributed by atoms with E-state index < -0.39 is 0 Å². The molecule has 0 amide bonds. The second-order valence-corrected chi connectivity index (χ2v) is 6.15. The fraction of sp³-hybridized carbons (Fsp3) is 0.667. The molecule has 1 aromatic rings. The first-order chi connectivity index (χ1) is 8.83. The van der Waals surface area contributed by atoms with Crippen LogP contribution in [0.25, 0.3) is 0 Å². The standard InChI is InChI=1S/C15H20N2O/c18-15-6-3-5-14-11-8-12(10-17(14)15)13-4-1-2-7-16(13)9-11/h3,5-6,11-13H,1-2,4,7-10H2/t11?,12?,13-/m1/s1. The molecule has 0 N–H and O–H groups in total. The van der Waals surface area contributed by atoms with Crippen LogP contribution in [0.1, 0.15) is 37.3 Å². The fourth-order valence-electron chi connectivity index (χ4n) is 4.39. The summed E-state index contributed by atoms with van der Waals surface area (Å²) in [6.45, 7) is 3.39. The lowest BCUT2D eigenvalue weighted by Gasteiger charge is -2.50. The summed E-state index contributed by atoms with van der Waals surface area (Å²) in [5.74, 6) is 1.30. The largest absolute Gasteiger partial charge is 0.312 e. The minimum absolute atomic E-state index is 0.200. The molecule has 0 radical (unpaired) electrons. The van der Waals surface area contributed by atoms with E-state index in [1.54, 1.807) is 6.07 Å². The minimum atomic E-state index is 0.200. The van der Waals surface area contributed by atoms with Crippen LogP contribution < -0.4 is 5.56 Å². The molecule has 3 heteroatoms. The van der Waals surface area contributed by atoms with Crippen molar-refractivity contribution in [3.05, 3.63) is 34.2 Å². The molecule has 1 aromatic heterocycles. The van der Waals surface area contributed by atoms with Gasteiger partial charge in [0.15, 0.2) is 0 Å². The Morgan fingerprint density at radius 3 is 3.06 bits per heavy atom. The van der Waals surface area contributed by atoms with Gasteiger partial charge in [-0.3, -0.25) is 9.69 Å². The Morgan fingerprint density at radius 1 is 1.17 bits per heavy atom. The van der Waals surface area contributed by atoms with E-state index in [1.807, 2.05) is 10.6 Å². The zero-order valence-electron chi connectivity index (χ0n) is 10.7. The second-order valence-electron chi connectivity index (χ2n) is 6.15. The van der Waals surface area contributed by atoms with Gasteiger partial charge in [-0.2, -0.15) is 0 Å². The Hall–Kier alpha value is -1.09. The average molecular weight is 244 g/mol. The predicted octanol–water partition coefficient (Wildman–Crippen LogP) is 1.82. The van der Waals surface area contributed by atoms with Crippen molar-refractivity contribution in [3.8, 4) is 0 Å². The summed E-state index contributed by atoms with van der Waals surface area (Å²) in [7, 11) is 0. The van der Waals surface area contributed by atoms with Crippen LogP contribution in [0.3, 0.4) is 0 Å². The molecule has 3 atom stereocenters. The van der Waals surface area contributed by atoms with E-state index in [2.05, 4.69) is 11.0 Å². The molecule has 2 unspecified atom stereocenters. The molecular formula is C15H20N2O. The van der Waals surface area contributed by atoms with E-state index in [0.717, 1.165) is 12.6 Å². The lowest BCUT2D eigenvalue weighted by atomic mass is 9.75. The highest BCUT2D eigenvalue weighted by Crippen LogP contribution is 2.41. The maximum Gasteiger partial charge on any atom is 0.250 e. The molecule has 0 spiro atoms. The summed E-state index contributed by atoms with van der Waals surface area (Å²) < 4.78 is 2.05. The Bertz CT molecular complexity index is 521. The number of fused-ring (bicyclic) bond motifs is 6. The zero-order valence-corrected chi connectivity index (χ0v) is 10.7. The first kappa shape index (κ1) is 10.8. The lowest BCUT2D eigenvalue weighted by molar-refractivity contribution is 0.0248. The fourth-order valence-corrected chi connectivity index (χ4v) is 4.39. The number of piperidine rings is 2. The van der Waals surface area contributed by atoms with Gasteiger partial charge in [-0.05, 0) is 37.8 Å². The molecule has 2 bridgehead atoms. The van der Waals surface area contributed by atoms with Gasteiger partial charge in [0.1, 0.15) is 0 Å². The summed E-state index contributed by atoms with van der Waals surface area (Å²) in [6.07, 6.45) is 5.37. The number of nitrogens with zero attached hydrogens (tertiary/aromatic N) is 2. The molecule has 2 saturated heterocycles. The number of aromatic nitrogens is 1. The average Bonchev–Trinajstić information content (AvgIpc) is 2.40. The maximum absolute atomic E-state index is 12.0. The monoisotopic (exact) mass is 244 g/mol. The van der Waals surface area contributed by atoms with E-state index in [-0.39, 0.29) is 5.56 Å². The van der Waals surface area contributed by atoms with Crippen molar-refractivity contribution in [2.24, 2.45) is 5.92 Å². The van der Waals surface area contributed by atoms with Gasteiger partial charge in [0.2, 0.25) is 0 Å². The zero-order chi connectivity index (χ0) is 12.1. The van der Waals surface area contributed by atoms with Crippen LogP contribution in [0.2, 0.25) is 0 Å². The van der Waals surface area contributed by atoms with Crippen molar-refractivity contribution < 1.29 is 0 Å². The van der Waals surface area contributed by atoms with E-state index in [4.69, 9.17) is 0 Å². The van der Waals surface area contributed by atoms with Crippen LogP contribution in [0.4, 0.5) is 0 Å². The lowest BCUT2D eigenvalue weighted by Crippen LogP contribution is -2.54. The Morgan fingerprint density at radius 2 is 2.11 bits per heavy atom. The quantitative estimate of drug-likeness (QED) is 0.695. The molecule has 0 aromatic carbocycles. The van der Waals surface area contributed by atoms with Gasteiger partial charge >= 0.3 is 0 Å². The van der Waals surface area contributed by atoms with Crippen molar-refractivity contribution in [2.75, 3.05) is 13.1 Å². The Balaban J connectivity index is 1.76. The third-order valence-electron chi connectivity index (χ3n) is 5.17. The molecule has 3 nitrogen and oxygen atoms in total. The van der Waals surface area contributed by atoms with Crippen molar-refractivity contribution >= 4 is 0 Å². The topological polar surface area (TPSA) is 25.2 Å². The minimum Gasteiger partial charge on any atom is -0.312 e. The van der Waals surface area contributed by atoms with E-state index in [9.17, 15) is 4.79 Å². The summed E-state index contributed by atoms with van der Waals surface area (Å²) >= 11 is 0. The normalized spacial score (nSPS) is 34.8. The number of pyridine rings is 1. The van der Waals surface area contributed by atoms with Crippen molar-refractivity contribution in [1.82, 2.24) is 9.47 Å². The third kappa shape index (κ3) is 1.50. The molecular weight excluding hydrogens is 224 g/mol. The molecule has 18 heavy (non-hydrogen) atoms. The summed E-state index contributed by atoms with van der Waals surface area (Å²) in [5.41, 5.74) is 1.48. The van der Waals surface area contributed by atoms with Gasteiger partial charge in [0, 0.05) is 36.8 Å². The van der Waals surface area contributed by atoms with Gasteiger partial charge in [-0.1, -0.05) is 12.5 Å². The van der Waals surface area contributed by atoms with Gasteiger partial charge in [-0.25, -0.2) is 0 Å². The van der Waals surface area contributed by atoms with Crippen LogP contribution in [-0.2, 0) is 6.54 Å². The smallest absolute Gasteiger partial charge is 0.250 e. The van der Waals surface area contributed by atoms with Gasteiger partial charge < -0.3 is 4.57 Å². The molecule has 2 fully saturated rings. The van der Waals surface area contributed by atoms with Crippen molar-refractivity contribution in [1.29, 1.82) is 0 Å². The van der Waals surface area contributed by atoms with E-state index >= 15 is 0 Å². The summed E-state index contributed by atoms with van der Waals surface area (Å²) in [4.78, 5) is 14.7. The second kappa shape index (κ2) is 3.95. The SMILES string of the molecule is O=c1cccc2n1CC1CC2CN2CCCC[C@H]12. The summed E-state index contributed by atoms with van der Waals surface area (Å²) in [5, 5.41) is 0. The molecule has 0 saturated carbocycles. The first-order valence-electron chi connectivity index (χ1n) is 7.27. The third-order valence-corrected chi connectivity index (χ3v) is 5.17. The highest BCUT2D eigenvalue weighted by Gasteiger charge is 2.41. The van der Waals surface area contributed by atoms with Crippen molar-refractivity contribution in [3.63, 3.8) is 0 Å². The molecule has 0 aliphatic carbocycles. The van der Waals surface area contributed by atoms with Gasteiger partial charge in [0.25, 0.3) is 5.56 Å². The van der Waals surface area contributed by atoms with Crippen LogP contribution >= 0.6 is 0 Å². The molecule has 3 aliphatic heterocycles. The molecule has 4 heterocycles. The van der Waals surface area contributed by atoms with Gasteiger partial charge in [-0.15, -0.1) is 0 Å². The predicted molar refractivity (Wildman–Crippen MR) is 70.8 cm³/mol. The highest BCUT2D eigenvalue weighted by molar-refractivity contribution is 5.18. The van der Waals surface area contributed by atoms with Gasteiger partial charge in [0.05, 0.1) is 0 Å². The van der Waals surface area contributed by atoms with Crippen LogP contribution in [0.5, 0.6) is 0 Å². The van der Waals surface area contributed by atoms with Crippen LogP contribution in [0, 0.1) is 5.92 Å². The number of hydrogen-bond acceptors (Lipinski definition) is 2. The number of hydrogen-bond donors (Lipinski definition) is 0. The first-order valence-corrected chi connectivity index (χ1v) is 7.27. The Labute approximate surface area is 107 Å². The van der Waals surface area contributed by atoms with Crippen LogP contribution in [-0.4, -0.2) is 28.6 Å². The van der Waals surface area contributed by atoms with E-state index in [1.165, 1.54) is 44.5 Å². The summed E-state index contributed by atoms with van der Waals surface area (Å²) in [6, 6.07) is 6.54. The molecule has 96 valence electrons. The Kier molecular flexibility index (Phi) is 2.37.